The van der Waals surface area contributed by atoms with Gasteiger partial charge in [-0.3, -0.25) is 14.3 Å². The number of carboxylic acids is 1. The zero-order chi connectivity index (χ0) is 32.1. The molecule has 7 heteroatoms. The van der Waals surface area contributed by atoms with Gasteiger partial charge in [0, 0.05) is 36.3 Å². The summed E-state index contributed by atoms with van der Waals surface area (Å²) in [6.07, 6.45) is 12.9. The summed E-state index contributed by atoms with van der Waals surface area (Å²) in [6, 6.07) is 15.0. The molecule has 7 nitrogen and oxygen atoms in total. The fourth-order valence-electron chi connectivity index (χ4n) is 7.35. The van der Waals surface area contributed by atoms with Crippen LogP contribution >= 0.6 is 0 Å². The lowest BCUT2D eigenvalue weighted by atomic mass is 9.77. The molecule has 0 saturated heterocycles. The Balaban J connectivity index is 1.32. The average molecular weight is 614 g/mol. The number of amides is 1. The van der Waals surface area contributed by atoms with Crippen LogP contribution in [-0.2, 0) is 15.1 Å². The van der Waals surface area contributed by atoms with Crippen LogP contribution in [0, 0.1) is 24.7 Å². The van der Waals surface area contributed by atoms with Crippen LogP contribution < -0.4 is 9.64 Å². The van der Waals surface area contributed by atoms with Crippen molar-refractivity contribution >= 4 is 17.6 Å². The normalized spacial score (nSPS) is 22.2. The standard InChI is InChI=1S/C38H51N3O4/c1-26-21-32(18-19-35(26)45-5)29-14-11-28(12-15-29)24-40(37(44)30-16-9-27(10-17-30)13-20-36(42)43)34-8-6-7-31(22-34)33-23-39-41(25-33)38(2,3)4/h6-8,18-19,21-23,25,27-30H,9-17,20,24H2,1-5H3,(H,42,43)/t27-,28-,29-,30-. The molecule has 0 aliphatic heterocycles. The highest BCUT2D eigenvalue weighted by molar-refractivity contribution is 5.95. The van der Waals surface area contributed by atoms with Gasteiger partial charge < -0.3 is 14.7 Å². The Kier molecular flexibility index (Phi) is 10.4. The summed E-state index contributed by atoms with van der Waals surface area (Å²) in [7, 11) is 1.72. The van der Waals surface area contributed by atoms with E-state index in [4.69, 9.17) is 9.84 Å². The largest absolute Gasteiger partial charge is 0.496 e. The molecule has 1 heterocycles. The summed E-state index contributed by atoms with van der Waals surface area (Å²) in [4.78, 5) is 27.5. The molecule has 0 atom stereocenters. The molecular formula is C38H51N3O4. The molecule has 0 bridgehead atoms. The third-order valence-corrected chi connectivity index (χ3v) is 10.2. The van der Waals surface area contributed by atoms with Crippen molar-refractivity contribution in [2.75, 3.05) is 18.6 Å². The van der Waals surface area contributed by atoms with Crippen LogP contribution in [0.15, 0.2) is 54.9 Å². The van der Waals surface area contributed by atoms with Gasteiger partial charge in [-0.15, -0.1) is 0 Å². The fraction of sp³-hybridized carbons (Fsp3) is 0.553. The predicted octanol–water partition coefficient (Wildman–Crippen LogP) is 8.60. The summed E-state index contributed by atoms with van der Waals surface area (Å²) >= 11 is 0. The third-order valence-electron chi connectivity index (χ3n) is 10.2. The van der Waals surface area contributed by atoms with E-state index in [0.717, 1.165) is 80.5 Å². The second-order valence-electron chi connectivity index (χ2n) is 14.4. The Hall–Kier alpha value is -3.61. The lowest BCUT2D eigenvalue weighted by Crippen LogP contribution is -2.41. The monoisotopic (exact) mass is 613 g/mol. The van der Waals surface area contributed by atoms with Gasteiger partial charge >= 0.3 is 5.97 Å². The van der Waals surface area contributed by atoms with Crippen LogP contribution in [0.2, 0.25) is 0 Å². The van der Waals surface area contributed by atoms with Gasteiger partial charge in [0.05, 0.1) is 18.8 Å². The van der Waals surface area contributed by atoms with Gasteiger partial charge in [-0.05, 0) is 138 Å². The molecule has 3 aromatic rings. The van der Waals surface area contributed by atoms with Crippen LogP contribution in [0.4, 0.5) is 5.69 Å². The average Bonchev–Trinajstić information content (AvgIpc) is 3.55. The SMILES string of the molecule is COc1ccc([C@H]2CC[C@H](CN(c3cccc(-c4cnn(C(C)(C)C)c4)c3)C(=O)[C@H]3CC[C@H](CCC(=O)O)CC3)CC2)cc1C. The lowest BCUT2D eigenvalue weighted by molar-refractivity contribution is -0.137. The van der Waals surface area contributed by atoms with Gasteiger partial charge in [0.25, 0.3) is 0 Å². The van der Waals surface area contributed by atoms with Crippen molar-refractivity contribution in [2.24, 2.45) is 17.8 Å². The Labute approximate surface area is 269 Å². The molecule has 0 spiro atoms. The van der Waals surface area contributed by atoms with Crippen molar-refractivity contribution in [3.05, 3.63) is 66.0 Å². The van der Waals surface area contributed by atoms with Gasteiger partial charge in [0.1, 0.15) is 5.75 Å². The molecule has 2 aromatic carbocycles. The maximum absolute atomic E-state index is 14.3. The minimum atomic E-state index is -0.732. The number of rotatable bonds is 10. The van der Waals surface area contributed by atoms with Gasteiger partial charge in [-0.2, -0.15) is 5.10 Å². The van der Waals surface area contributed by atoms with Crippen molar-refractivity contribution in [1.82, 2.24) is 9.78 Å². The molecule has 0 unspecified atom stereocenters. The van der Waals surface area contributed by atoms with E-state index in [0.29, 0.717) is 24.2 Å². The molecule has 5 rings (SSSR count). The molecule has 0 radical (unpaired) electrons. The first-order valence-electron chi connectivity index (χ1n) is 16.8. The highest BCUT2D eigenvalue weighted by Gasteiger charge is 2.33. The molecule has 45 heavy (non-hydrogen) atoms. The molecule has 2 fully saturated rings. The molecule has 1 N–H and O–H groups in total. The number of carbonyl (C=O) groups is 2. The highest BCUT2D eigenvalue weighted by Crippen LogP contribution is 2.39. The number of hydrogen-bond donors (Lipinski definition) is 1. The molecule has 2 aliphatic rings. The Bertz CT molecular complexity index is 1460. The first kappa shape index (κ1) is 32.8. The fourth-order valence-corrected chi connectivity index (χ4v) is 7.35. The van der Waals surface area contributed by atoms with Gasteiger partial charge in [-0.25, -0.2) is 0 Å². The van der Waals surface area contributed by atoms with Crippen LogP contribution in [0.1, 0.15) is 102 Å². The maximum Gasteiger partial charge on any atom is 0.303 e. The van der Waals surface area contributed by atoms with Gasteiger partial charge in [0.15, 0.2) is 0 Å². The molecule has 2 aliphatic carbocycles. The summed E-state index contributed by atoms with van der Waals surface area (Å²) in [5.41, 5.74) is 5.54. The zero-order valence-corrected chi connectivity index (χ0v) is 27.8. The second-order valence-corrected chi connectivity index (χ2v) is 14.4. The number of nitrogens with zero attached hydrogens (tertiary/aromatic N) is 3. The van der Waals surface area contributed by atoms with E-state index in [1.54, 1.807) is 7.11 Å². The van der Waals surface area contributed by atoms with E-state index in [1.807, 2.05) is 10.9 Å². The molecule has 2 saturated carbocycles. The summed E-state index contributed by atoms with van der Waals surface area (Å²) in [5.74, 6) is 1.80. The van der Waals surface area contributed by atoms with Crippen molar-refractivity contribution < 1.29 is 19.4 Å². The quantitative estimate of drug-likeness (QED) is 0.248. The minimum Gasteiger partial charge on any atom is -0.496 e. The summed E-state index contributed by atoms with van der Waals surface area (Å²) in [6.45, 7) is 9.26. The summed E-state index contributed by atoms with van der Waals surface area (Å²) in [5, 5.41) is 13.7. The Morgan fingerprint density at radius 1 is 0.956 bits per heavy atom. The van der Waals surface area contributed by atoms with E-state index in [9.17, 15) is 9.59 Å². The Morgan fingerprint density at radius 3 is 2.29 bits per heavy atom. The number of aromatic nitrogens is 2. The van der Waals surface area contributed by atoms with Gasteiger partial charge in [-0.1, -0.05) is 24.3 Å². The first-order chi connectivity index (χ1) is 21.5. The number of anilines is 1. The predicted molar refractivity (Wildman–Crippen MR) is 180 cm³/mol. The number of ether oxygens (including phenoxy) is 1. The second kappa shape index (κ2) is 14.2. The van der Waals surface area contributed by atoms with Crippen molar-refractivity contribution in [1.29, 1.82) is 0 Å². The van der Waals surface area contributed by atoms with E-state index in [2.05, 4.69) is 86.4 Å². The van der Waals surface area contributed by atoms with Crippen LogP contribution in [0.25, 0.3) is 11.1 Å². The molecular weight excluding hydrogens is 562 g/mol. The van der Waals surface area contributed by atoms with Crippen LogP contribution in [0.5, 0.6) is 5.75 Å². The maximum atomic E-state index is 14.3. The topological polar surface area (TPSA) is 84.7 Å². The number of benzene rings is 2. The number of carboxylic acid groups (broad SMARTS) is 1. The van der Waals surface area contributed by atoms with E-state index in [-0.39, 0.29) is 23.8 Å². The van der Waals surface area contributed by atoms with E-state index >= 15 is 0 Å². The number of aliphatic carboxylic acids is 1. The minimum absolute atomic E-state index is 0.0167. The molecule has 1 amide bonds. The zero-order valence-electron chi connectivity index (χ0n) is 27.8. The molecule has 242 valence electrons. The third kappa shape index (κ3) is 8.16. The van der Waals surface area contributed by atoms with Crippen LogP contribution in [0.3, 0.4) is 0 Å². The van der Waals surface area contributed by atoms with E-state index in [1.165, 1.54) is 11.1 Å². The highest BCUT2D eigenvalue weighted by atomic mass is 16.5. The van der Waals surface area contributed by atoms with Crippen LogP contribution in [-0.4, -0.2) is 40.4 Å². The first-order valence-corrected chi connectivity index (χ1v) is 16.8. The number of aryl methyl sites for hydroxylation is 1. The van der Waals surface area contributed by atoms with Crippen molar-refractivity contribution in [3.63, 3.8) is 0 Å². The summed E-state index contributed by atoms with van der Waals surface area (Å²) < 4.78 is 7.47. The Morgan fingerprint density at radius 2 is 1.67 bits per heavy atom. The van der Waals surface area contributed by atoms with E-state index < -0.39 is 5.97 Å². The van der Waals surface area contributed by atoms with Gasteiger partial charge in [0.2, 0.25) is 5.91 Å². The molecule has 1 aromatic heterocycles. The van der Waals surface area contributed by atoms with Crippen molar-refractivity contribution in [2.45, 2.75) is 103 Å². The number of carbonyl (C=O) groups excluding carboxylic acids is 1. The lowest BCUT2D eigenvalue weighted by Gasteiger charge is -2.36. The number of methoxy groups -OCH3 is 1. The van der Waals surface area contributed by atoms with Crippen molar-refractivity contribution in [3.8, 4) is 16.9 Å². The smallest absolute Gasteiger partial charge is 0.303 e. The number of hydrogen-bond acceptors (Lipinski definition) is 4.